The monoisotopic (exact) mass is 608 g/mol. The normalized spacial score (nSPS) is 16.4. The number of hydrogen-bond donors (Lipinski definition) is 1. The van der Waals surface area contributed by atoms with Gasteiger partial charge in [0.2, 0.25) is 0 Å². The van der Waals surface area contributed by atoms with Crippen LogP contribution in [0, 0.1) is 6.92 Å². The Morgan fingerprint density at radius 3 is 2.11 bits per heavy atom. The standard InChI is InChI=1S/C26H22Cl2N2O5S3/c1-12-6-8-14-17(10-12)30(25(33)29-13-7-9-15(27)16(28)11-13)26(2,3)21(36)18(14)24-37-19(22(31)34-4)20(38-24)23(32)35-5/h6-11H,1-5H3,(H,29,33). The Hall–Kier alpha value is -2.50. The molecular formula is C26H22Cl2N2O5S3. The Morgan fingerprint density at radius 1 is 0.947 bits per heavy atom. The fraction of sp³-hybridized carbons (Fsp3) is 0.231. The van der Waals surface area contributed by atoms with Crippen LogP contribution in [0.25, 0.3) is 5.57 Å². The van der Waals surface area contributed by atoms with Crippen LogP contribution in [-0.2, 0) is 19.1 Å². The second-order valence-corrected chi connectivity index (χ2v) is 12.3. The van der Waals surface area contributed by atoms with Crippen molar-refractivity contribution in [2.45, 2.75) is 26.3 Å². The predicted octanol–water partition coefficient (Wildman–Crippen LogP) is 7.21. The number of halogens is 2. The lowest BCUT2D eigenvalue weighted by atomic mass is 9.83. The van der Waals surface area contributed by atoms with E-state index < -0.39 is 23.5 Å². The van der Waals surface area contributed by atoms with E-state index in [1.807, 2.05) is 39.0 Å². The molecule has 2 aliphatic heterocycles. The number of methoxy groups -OCH3 is 2. The van der Waals surface area contributed by atoms with Crippen LogP contribution < -0.4 is 10.2 Å². The molecule has 0 saturated carbocycles. The highest BCUT2D eigenvalue weighted by atomic mass is 35.5. The summed E-state index contributed by atoms with van der Waals surface area (Å²) in [6.07, 6.45) is 0. The molecule has 0 aliphatic carbocycles. The van der Waals surface area contributed by atoms with Crippen molar-refractivity contribution in [1.29, 1.82) is 0 Å². The van der Waals surface area contributed by atoms with Gasteiger partial charge in [-0.25, -0.2) is 14.4 Å². The molecule has 2 aromatic rings. The molecule has 0 atom stereocenters. The number of rotatable bonds is 3. The van der Waals surface area contributed by atoms with Gasteiger partial charge in [-0.15, -0.1) is 0 Å². The van der Waals surface area contributed by atoms with E-state index in [0.29, 0.717) is 41.7 Å². The van der Waals surface area contributed by atoms with E-state index in [1.165, 1.54) is 14.2 Å². The number of urea groups is 1. The van der Waals surface area contributed by atoms with Crippen molar-refractivity contribution in [3.63, 3.8) is 0 Å². The number of nitrogens with zero attached hydrogens (tertiary/aromatic N) is 1. The number of thiocarbonyl (C=S) groups is 1. The Bertz CT molecular complexity index is 1440. The Morgan fingerprint density at radius 2 is 1.55 bits per heavy atom. The molecule has 2 aromatic carbocycles. The van der Waals surface area contributed by atoms with Crippen molar-refractivity contribution < 1.29 is 23.9 Å². The maximum atomic E-state index is 13.7. The summed E-state index contributed by atoms with van der Waals surface area (Å²) < 4.78 is 10.4. The summed E-state index contributed by atoms with van der Waals surface area (Å²) in [6, 6.07) is 10.1. The van der Waals surface area contributed by atoms with Crippen molar-refractivity contribution in [2.75, 3.05) is 24.4 Å². The second-order valence-electron chi connectivity index (χ2n) is 8.81. The number of nitrogens with one attached hydrogen (secondary N) is 1. The average molecular weight is 610 g/mol. The molecule has 0 saturated heterocycles. The Kier molecular flexibility index (Phi) is 8.20. The lowest BCUT2D eigenvalue weighted by molar-refractivity contribution is -0.138. The molecule has 7 nitrogen and oxygen atoms in total. The number of esters is 2. The third kappa shape index (κ3) is 5.08. The van der Waals surface area contributed by atoms with Crippen LogP contribution in [0.2, 0.25) is 10.0 Å². The molecule has 2 amide bonds. The number of anilines is 2. The summed E-state index contributed by atoms with van der Waals surface area (Å²) in [7, 11) is 2.49. The minimum Gasteiger partial charge on any atom is -0.465 e. The molecular weight excluding hydrogens is 587 g/mol. The average Bonchev–Trinajstić information content (AvgIpc) is 3.31. The summed E-state index contributed by atoms with van der Waals surface area (Å²) in [5, 5.41) is 3.57. The Balaban J connectivity index is 1.84. The van der Waals surface area contributed by atoms with Crippen LogP contribution in [0.5, 0.6) is 0 Å². The molecule has 1 N–H and O–H groups in total. The molecule has 0 fully saturated rings. The van der Waals surface area contributed by atoms with Crippen LogP contribution in [-0.4, -0.2) is 42.6 Å². The number of amides is 2. The van der Waals surface area contributed by atoms with Gasteiger partial charge in [-0.05, 0) is 50.6 Å². The van der Waals surface area contributed by atoms with Gasteiger partial charge in [0.05, 0.1) is 44.6 Å². The molecule has 38 heavy (non-hydrogen) atoms. The van der Waals surface area contributed by atoms with Crippen LogP contribution >= 0.6 is 58.9 Å². The number of hydrogen-bond acceptors (Lipinski definition) is 8. The van der Waals surface area contributed by atoms with Gasteiger partial charge >= 0.3 is 18.0 Å². The zero-order chi connectivity index (χ0) is 27.9. The van der Waals surface area contributed by atoms with Crippen LogP contribution in [0.1, 0.15) is 25.0 Å². The van der Waals surface area contributed by atoms with Crippen molar-refractivity contribution in [2.24, 2.45) is 0 Å². The summed E-state index contributed by atoms with van der Waals surface area (Å²) in [4.78, 5) is 41.0. The highest BCUT2D eigenvalue weighted by Gasteiger charge is 2.46. The zero-order valence-electron chi connectivity index (χ0n) is 20.9. The van der Waals surface area contributed by atoms with Crippen LogP contribution in [0.3, 0.4) is 0 Å². The highest BCUT2D eigenvalue weighted by Crippen LogP contribution is 2.56. The molecule has 0 spiro atoms. The summed E-state index contributed by atoms with van der Waals surface area (Å²) in [5.74, 6) is -1.29. The molecule has 198 valence electrons. The molecule has 2 aliphatic rings. The van der Waals surface area contributed by atoms with Gasteiger partial charge in [-0.1, -0.05) is 71.1 Å². The van der Waals surface area contributed by atoms with E-state index in [-0.39, 0.29) is 9.81 Å². The lowest BCUT2D eigenvalue weighted by Gasteiger charge is -2.45. The number of aryl methyl sites for hydroxylation is 1. The summed E-state index contributed by atoms with van der Waals surface area (Å²) in [6.45, 7) is 5.61. The van der Waals surface area contributed by atoms with Crippen molar-refractivity contribution in [3.05, 3.63) is 71.6 Å². The fourth-order valence-corrected chi connectivity index (χ4v) is 7.37. The lowest BCUT2D eigenvalue weighted by Crippen LogP contribution is -2.57. The Labute approximate surface area is 243 Å². The molecule has 2 heterocycles. The maximum Gasteiger partial charge on any atom is 0.346 e. The molecule has 0 bridgehead atoms. The van der Waals surface area contributed by atoms with E-state index in [9.17, 15) is 14.4 Å². The number of fused-ring (bicyclic) bond motifs is 1. The first-order valence-corrected chi connectivity index (χ1v) is 13.9. The van der Waals surface area contributed by atoms with Gasteiger partial charge < -0.3 is 14.8 Å². The quantitative estimate of drug-likeness (QED) is 0.222. The fourth-order valence-electron chi connectivity index (χ4n) is 4.04. The van der Waals surface area contributed by atoms with E-state index in [1.54, 1.807) is 23.1 Å². The van der Waals surface area contributed by atoms with Gasteiger partial charge in [0.15, 0.2) is 0 Å². The first-order valence-electron chi connectivity index (χ1n) is 11.1. The van der Waals surface area contributed by atoms with Crippen molar-refractivity contribution in [1.82, 2.24) is 0 Å². The highest BCUT2D eigenvalue weighted by molar-refractivity contribution is 8.29. The second kappa shape index (κ2) is 10.9. The van der Waals surface area contributed by atoms with Crippen LogP contribution in [0.15, 0.2) is 50.4 Å². The minimum absolute atomic E-state index is 0.126. The molecule has 0 aromatic heterocycles. The number of carbonyl (C=O) groups is 3. The maximum absolute atomic E-state index is 13.7. The minimum atomic E-state index is -0.973. The number of carbonyl (C=O) groups excluding carboxylic acids is 3. The molecule has 12 heteroatoms. The largest absolute Gasteiger partial charge is 0.465 e. The van der Waals surface area contributed by atoms with Crippen molar-refractivity contribution >= 4 is 98.7 Å². The first kappa shape index (κ1) is 28.5. The van der Waals surface area contributed by atoms with Crippen molar-refractivity contribution in [3.8, 4) is 0 Å². The van der Waals surface area contributed by atoms with E-state index in [2.05, 4.69) is 5.32 Å². The van der Waals surface area contributed by atoms with Gasteiger partial charge in [0.1, 0.15) is 9.81 Å². The first-order chi connectivity index (χ1) is 17.9. The van der Waals surface area contributed by atoms with Gasteiger partial charge in [-0.3, -0.25) is 4.90 Å². The third-order valence-corrected chi connectivity index (χ3v) is 9.92. The SMILES string of the molecule is COC(=O)C1=C(C(=O)OC)SC(=C2C(=S)C(C)(C)N(C(=O)Nc3ccc(Cl)c(Cl)c3)c3cc(C)ccc32)S1. The van der Waals surface area contributed by atoms with Crippen LogP contribution in [0.4, 0.5) is 16.2 Å². The van der Waals surface area contributed by atoms with Gasteiger partial charge in [0.25, 0.3) is 0 Å². The number of thioether (sulfide) groups is 2. The van der Waals surface area contributed by atoms with Gasteiger partial charge in [0, 0.05) is 16.8 Å². The topological polar surface area (TPSA) is 84.9 Å². The van der Waals surface area contributed by atoms with Gasteiger partial charge in [-0.2, -0.15) is 0 Å². The van der Waals surface area contributed by atoms with E-state index in [4.69, 9.17) is 44.9 Å². The molecule has 0 unspecified atom stereocenters. The van der Waals surface area contributed by atoms with E-state index >= 15 is 0 Å². The molecule has 4 rings (SSSR count). The number of ether oxygens (including phenoxy) is 2. The van der Waals surface area contributed by atoms with E-state index in [0.717, 1.165) is 29.1 Å². The molecule has 0 radical (unpaired) electrons. The summed E-state index contributed by atoms with van der Waals surface area (Å²) >= 11 is 20.4. The summed E-state index contributed by atoms with van der Waals surface area (Å²) in [5.41, 5.74) is 2.40. The number of benzene rings is 2. The predicted molar refractivity (Wildman–Crippen MR) is 159 cm³/mol. The smallest absolute Gasteiger partial charge is 0.346 e. The zero-order valence-corrected chi connectivity index (χ0v) is 24.9. The third-order valence-electron chi connectivity index (χ3n) is 5.92.